The van der Waals surface area contributed by atoms with E-state index in [0.717, 1.165) is 12.3 Å². The van der Waals surface area contributed by atoms with Crippen LogP contribution in [0.4, 0.5) is 5.82 Å². The Labute approximate surface area is 148 Å². The van der Waals surface area contributed by atoms with E-state index in [1.807, 2.05) is 0 Å². The molecular formula is C15H24N6O3S+2. The molecule has 0 radical (unpaired) electrons. The molecule has 4 rings (SSSR count). The summed E-state index contributed by atoms with van der Waals surface area (Å²) in [5.41, 5.74) is 6.77. The molecule has 6 N–H and O–H groups in total. The van der Waals surface area contributed by atoms with Crippen LogP contribution >= 0.6 is 0 Å². The van der Waals surface area contributed by atoms with Gasteiger partial charge in [0.15, 0.2) is 22.9 Å². The van der Waals surface area contributed by atoms with Gasteiger partial charge in [0.2, 0.25) is 0 Å². The molecule has 0 aliphatic carbocycles. The number of aromatic nitrogens is 4. The van der Waals surface area contributed by atoms with Gasteiger partial charge in [-0.15, -0.1) is 0 Å². The van der Waals surface area contributed by atoms with Crippen LogP contribution in [0.5, 0.6) is 0 Å². The molecule has 0 bridgehead atoms. The third-order valence-corrected chi connectivity index (χ3v) is 7.54. The second-order valence-electron chi connectivity index (χ2n) is 6.71. The molecule has 0 aromatic carbocycles. The third-order valence-electron chi connectivity index (χ3n) is 5.12. The number of rotatable bonds is 4. The van der Waals surface area contributed by atoms with Gasteiger partial charge in [0.25, 0.3) is 0 Å². The topological polar surface area (TPSA) is 136 Å². The Morgan fingerprint density at radius 3 is 2.96 bits per heavy atom. The summed E-state index contributed by atoms with van der Waals surface area (Å²) in [6.07, 6.45) is 3.21. The summed E-state index contributed by atoms with van der Waals surface area (Å²) in [7, 11) is 0.139. The van der Waals surface area contributed by atoms with Crippen molar-refractivity contribution in [2.45, 2.75) is 36.2 Å². The Morgan fingerprint density at radius 1 is 1.36 bits per heavy atom. The largest absolute Gasteiger partial charge is 0.387 e. The molecule has 136 valence electrons. The highest BCUT2D eigenvalue weighted by atomic mass is 32.2. The number of quaternary nitrogens is 1. The molecule has 2 aromatic heterocycles. The highest BCUT2D eigenvalue weighted by Crippen LogP contribution is 2.33. The van der Waals surface area contributed by atoms with Crippen LogP contribution in [0.1, 0.15) is 12.6 Å². The first-order valence-electron chi connectivity index (χ1n) is 8.44. The standard InChI is InChI=1S/C15H23N6O3S/c1-25(8-2-3-17-4-8)5-9-11(22)12(23)15(24-9)21-7-20-10-13(16)18-6-19-14(10)21/h6-9,11-12,15,17,22-23H,2-5H2,1H3,(H2,16,18,19)/q+1/p+1. The Morgan fingerprint density at radius 2 is 2.20 bits per heavy atom. The molecule has 2 aliphatic heterocycles. The number of nitrogen functional groups attached to an aromatic ring is 1. The Bertz CT molecular complexity index is 752. The molecule has 6 unspecified atom stereocenters. The lowest BCUT2D eigenvalue weighted by atomic mass is 10.1. The van der Waals surface area contributed by atoms with Gasteiger partial charge in [0.1, 0.15) is 42.5 Å². The number of anilines is 1. The van der Waals surface area contributed by atoms with E-state index in [4.69, 9.17) is 10.5 Å². The Kier molecular flexibility index (Phi) is 4.54. The van der Waals surface area contributed by atoms with Crippen molar-refractivity contribution in [1.29, 1.82) is 0 Å². The molecule has 2 aliphatic rings. The first kappa shape index (κ1) is 17.0. The van der Waals surface area contributed by atoms with Gasteiger partial charge < -0.3 is 26.0 Å². The van der Waals surface area contributed by atoms with Crippen molar-refractivity contribution in [2.75, 3.05) is 30.8 Å². The summed E-state index contributed by atoms with van der Waals surface area (Å²) in [5.74, 6) is 1.03. The second-order valence-corrected chi connectivity index (χ2v) is 9.09. The van der Waals surface area contributed by atoms with E-state index in [1.165, 1.54) is 25.6 Å². The third kappa shape index (κ3) is 2.97. The normalized spacial score (nSPS) is 34.0. The molecule has 25 heavy (non-hydrogen) atoms. The molecule has 2 fully saturated rings. The van der Waals surface area contributed by atoms with E-state index in [1.54, 1.807) is 4.57 Å². The van der Waals surface area contributed by atoms with Gasteiger partial charge in [-0.2, -0.15) is 0 Å². The van der Waals surface area contributed by atoms with E-state index in [9.17, 15) is 10.2 Å². The van der Waals surface area contributed by atoms with Crippen molar-refractivity contribution < 1.29 is 20.3 Å². The van der Waals surface area contributed by atoms with Gasteiger partial charge in [-0.25, -0.2) is 15.0 Å². The summed E-state index contributed by atoms with van der Waals surface area (Å²) in [6, 6.07) is 0. The number of hydrogen-bond acceptors (Lipinski definition) is 7. The van der Waals surface area contributed by atoms with E-state index in [-0.39, 0.29) is 16.7 Å². The van der Waals surface area contributed by atoms with Gasteiger partial charge in [-0.1, -0.05) is 0 Å². The number of imidazole rings is 1. The van der Waals surface area contributed by atoms with E-state index in [2.05, 4.69) is 26.5 Å². The van der Waals surface area contributed by atoms with Crippen molar-refractivity contribution in [1.82, 2.24) is 19.5 Å². The number of aliphatic hydroxyl groups is 2. The van der Waals surface area contributed by atoms with Crippen molar-refractivity contribution in [3.63, 3.8) is 0 Å². The number of hydrogen-bond donors (Lipinski definition) is 4. The summed E-state index contributed by atoms with van der Waals surface area (Å²) >= 11 is 0. The molecule has 4 heterocycles. The van der Waals surface area contributed by atoms with Crippen molar-refractivity contribution in [2.24, 2.45) is 0 Å². The fourth-order valence-corrected chi connectivity index (χ4v) is 5.71. The zero-order valence-corrected chi connectivity index (χ0v) is 14.8. The molecule has 2 saturated heterocycles. The van der Waals surface area contributed by atoms with Gasteiger partial charge in [-0.3, -0.25) is 4.57 Å². The minimum atomic E-state index is -1.04. The van der Waals surface area contributed by atoms with Crippen LogP contribution in [-0.4, -0.2) is 78.4 Å². The quantitative estimate of drug-likeness (QED) is 0.442. The number of aliphatic hydroxyl groups excluding tert-OH is 2. The van der Waals surface area contributed by atoms with Gasteiger partial charge >= 0.3 is 0 Å². The molecule has 0 amide bonds. The lowest BCUT2D eigenvalue weighted by molar-refractivity contribution is -0.635. The second kappa shape index (κ2) is 6.69. The first-order valence-corrected chi connectivity index (χ1v) is 10.3. The smallest absolute Gasteiger partial charge is 0.171 e. The van der Waals surface area contributed by atoms with E-state index < -0.39 is 24.5 Å². The van der Waals surface area contributed by atoms with Crippen molar-refractivity contribution >= 4 is 27.9 Å². The molecule has 2 aromatic rings. The van der Waals surface area contributed by atoms with Crippen LogP contribution in [0.3, 0.4) is 0 Å². The Hall–Kier alpha value is -1.46. The summed E-state index contributed by atoms with van der Waals surface area (Å²) in [5, 5.41) is 24.0. The van der Waals surface area contributed by atoms with Crippen LogP contribution in [0.2, 0.25) is 0 Å². The lowest BCUT2D eigenvalue weighted by Crippen LogP contribution is -2.81. The predicted octanol–water partition coefficient (Wildman–Crippen LogP) is -2.39. The molecule has 0 spiro atoms. The number of fused-ring (bicyclic) bond motifs is 1. The maximum absolute atomic E-state index is 10.5. The van der Waals surface area contributed by atoms with Gasteiger partial charge in [-0.05, 0) is 10.9 Å². The van der Waals surface area contributed by atoms with Crippen LogP contribution < -0.4 is 11.1 Å². The first-order chi connectivity index (χ1) is 12.1. The fourth-order valence-electron chi connectivity index (χ4n) is 3.64. The predicted molar refractivity (Wildman–Crippen MR) is 93.9 cm³/mol. The zero-order valence-electron chi connectivity index (χ0n) is 14.0. The highest BCUT2D eigenvalue weighted by Gasteiger charge is 2.48. The molecule has 0 saturated carbocycles. The summed E-state index contributed by atoms with van der Waals surface area (Å²) in [6.45, 7) is 2.31. The monoisotopic (exact) mass is 368 g/mol. The number of nitrogens with two attached hydrogens (primary N) is 2. The van der Waals surface area contributed by atoms with Crippen LogP contribution in [0, 0.1) is 0 Å². The van der Waals surface area contributed by atoms with Gasteiger partial charge in [0, 0.05) is 6.42 Å². The molecular weight excluding hydrogens is 344 g/mol. The SMILES string of the molecule is C[S+](CC1OC(n2cnc3c(N)ncnc32)C(O)C1O)C1CC[NH2+]C1. The van der Waals surface area contributed by atoms with Gasteiger partial charge in [0.05, 0.1) is 19.1 Å². The maximum atomic E-state index is 10.5. The number of nitrogens with zero attached hydrogens (tertiary/aromatic N) is 4. The number of ether oxygens (including phenoxy) is 1. The van der Waals surface area contributed by atoms with E-state index >= 15 is 0 Å². The highest BCUT2D eigenvalue weighted by molar-refractivity contribution is 7.96. The average molecular weight is 368 g/mol. The average Bonchev–Trinajstić information content (AvgIpc) is 3.31. The minimum Gasteiger partial charge on any atom is -0.387 e. The van der Waals surface area contributed by atoms with Crippen LogP contribution in [0.15, 0.2) is 12.7 Å². The lowest BCUT2D eigenvalue weighted by Gasteiger charge is -2.16. The summed E-state index contributed by atoms with van der Waals surface area (Å²) < 4.78 is 7.65. The minimum absolute atomic E-state index is 0.139. The van der Waals surface area contributed by atoms with Crippen molar-refractivity contribution in [3.8, 4) is 0 Å². The summed E-state index contributed by atoms with van der Waals surface area (Å²) in [4.78, 5) is 12.3. The van der Waals surface area contributed by atoms with Crippen LogP contribution in [-0.2, 0) is 15.6 Å². The zero-order chi connectivity index (χ0) is 17.6. The molecule has 9 nitrogen and oxygen atoms in total. The fraction of sp³-hybridized carbons (Fsp3) is 0.667. The molecule has 6 atom stereocenters. The van der Waals surface area contributed by atoms with Crippen molar-refractivity contribution in [3.05, 3.63) is 12.7 Å². The van der Waals surface area contributed by atoms with E-state index in [0.29, 0.717) is 16.4 Å². The maximum Gasteiger partial charge on any atom is 0.171 e. The Balaban J connectivity index is 1.54. The van der Waals surface area contributed by atoms with Crippen LogP contribution in [0.25, 0.3) is 11.2 Å². The molecule has 10 heteroatoms.